The molecule has 0 radical (unpaired) electrons. The second-order valence-corrected chi connectivity index (χ2v) is 6.14. The Morgan fingerprint density at radius 2 is 1.85 bits per heavy atom. The van der Waals surface area contributed by atoms with Crippen molar-refractivity contribution in [3.8, 4) is 11.5 Å². The molecule has 0 bridgehead atoms. The molecule has 3 N–H and O–H groups in total. The van der Waals surface area contributed by atoms with Crippen molar-refractivity contribution >= 4 is 5.91 Å². The molecule has 0 saturated heterocycles. The minimum absolute atomic E-state index is 0.107. The summed E-state index contributed by atoms with van der Waals surface area (Å²) in [6, 6.07) is 16.7. The lowest BCUT2D eigenvalue weighted by molar-refractivity contribution is -0.131. The van der Waals surface area contributed by atoms with E-state index in [-0.39, 0.29) is 5.91 Å². The molecule has 0 aliphatic rings. The van der Waals surface area contributed by atoms with Crippen LogP contribution < -0.4 is 10.5 Å². The summed E-state index contributed by atoms with van der Waals surface area (Å²) in [5.41, 5.74) is 7.87. The molecule has 0 aliphatic heterocycles. The number of hydrogen-bond donors (Lipinski definition) is 2. The number of para-hydroxylation sites is 1. The Morgan fingerprint density at radius 3 is 2.50 bits per heavy atom. The highest BCUT2D eigenvalue weighted by Crippen LogP contribution is 2.21. The number of amides is 1. The largest absolute Gasteiger partial charge is 0.457 e. The number of H-pyrrole nitrogens is 1. The zero-order valence-electron chi connectivity index (χ0n) is 14.6. The fourth-order valence-corrected chi connectivity index (χ4v) is 2.64. The van der Waals surface area contributed by atoms with Crippen LogP contribution in [0.1, 0.15) is 11.3 Å². The first kappa shape index (κ1) is 17.7. The van der Waals surface area contributed by atoms with Gasteiger partial charge in [-0.05, 0) is 29.8 Å². The Hall–Kier alpha value is -3.12. The predicted octanol–water partition coefficient (Wildman–Crippen LogP) is 2.73. The molecule has 6 heteroatoms. The number of nitrogens with zero attached hydrogens (tertiary/aromatic N) is 2. The second kappa shape index (κ2) is 8.31. The molecule has 134 valence electrons. The Morgan fingerprint density at radius 1 is 1.15 bits per heavy atom. The molecule has 0 fully saturated rings. The van der Waals surface area contributed by atoms with Crippen LogP contribution in [-0.2, 0) is 17.8 Å². The quantitative estimate of drug-likeness (QED) is 0.686. The lowest BCUT2D eigenvalue weighted by Gasteiger charge is -2.21. The van der Waals surface area contributed by atoms with Crippen LogP contribution in [0.2, 0.25) is 0 Å². The van der Waals surface area contributed by atoms with Crippen LogP contribution in [0.25, 0.3) is 0 Å². The number of benzene rings is 2. The van der Waals surface area contributed by atoms with Crippen LogP contribution in [0, 0.1) is 0 Å². The van der Waals surface area contributed by atoms with Crippen LogP contribution in [-0.4, -0.2) is 33.9 Å². The molecule has 3 rings (SSSR count). The van der Waals surface area contributed by atoms with E-state index in [9.17, 15) is 4.79 Å². The number of aromatic nitrogens is 2. The number of imidazole rings is 1. The van der Waals surface area contributed by atoms with E-state index in [0.717, 1.165) is 22.8 Å². The lowest BCUT2D eigenvalue weighted by Crippen LogP contribution is -2.42. The molecule has 0 unspecified atom stereocenters. The number of rotatable bonds is 7. The zero-order chi connectivity index (χ0) is 18.4. The molecule has 1 aromatic heterocycles. The highest BCUT2D eigenvalue weighted by atomic mass is 16.5. The standard InChI is InChI=1S/C20H22N4O2/c1-24(20(25)19(21)11-16-12-22-14-23-16)13-15-7-9-18(10-8-15)26-17-5-3-2-4-6-17/h2-10,12,14,19H,11,13,21H2,1H3,(H,22,23)/t19-/m0/s1. The molecule has 3 aromatic rings. The number of ether oxygens (including phenoxy) is 1. The van der Waals surface area contributed by atoms with Crippen molar-refractivity contribution < 1.29 is 9.53 Å². The highest BCUT2D eigenvalue weighted by molar-refractivity contribution is 5.81. The van der Waals surface area contributed by atoms with Gasteiger partial charge in [-0.25, -0.2) is 4.98 Å². The van der Waals surface area contributed by atoms with Gasteiger partial charge in [0.25, 0.3) is 0 Å². The van der Waals surface area contributed by atoms with E-state index in [2.05, 4.69) is 9.97 Å². The van der Waals surface area contributed by atoms with Crippen molar-refractivity contribution in [2.24, 2.45) is 5.73 Å². The average Bonchev–Trinajstić information content (AvgIpc) is 3.16. The van der Waals surface area contributed by atoms with Crippen LogP contribution >= 0.6 is 0 Å². The third kappa shape index (κ3) is 4.70. The number of aromatic amines is 1. The molecule has 1 heterocycles. The lowest BCUT2D eigenvalue weighted by atomic mass is 10.1. The minimum Gasteiger partial charge on any atom is -0.457 e. The van der Waals surface area contributed by atoms with E-state index < -0.39 is 6.04 Å². The van der Waals surface area contributed by atoms with Crippen molar-refractivity contribution in [3.63, 3.8) is 0 Å². The van der Waals surface area contributed by atoms with Crippen LogP contribution in [0.5, 0.6) is 11.5 Å². The van der Waals surface area contributed by atoms with E-state index in [1.165, 1.54) is 0 Å². The maximum Gasteiger partial charge on any atom is 0.239 e. The van der Waals surface area contributed by atoms with Crippen molar-refractivity contribution in [2.45, 2.75) is 19.0 Å². The maximum atomic E-state index is 12.4. The monoisotopic (exact) mass is 350 g/mol. The first-order chi connectivity index (χ1) is 12.6. The van der Waals surface area contributed by atoms with Crippen LogP contribution in [0.4, 0.5) is 0 Å². The second-order valence-electron chi connectivity index (χ2n) is 6.14. The molecule has 1 atom stereocenters. The SMILES string of the molecule is CN(Cc1ccc(Oc2ccccc2)cc1)C(=O)[C@@H](N)Cc1cnc[nH]1. The molecular formula is C20H22N4O2. The van der Waals surface area contributed by atoms with Gasteiger partial charge in [-0.1, -0.05) is 30.3 Å². The van der Waals surface area contributed by atoms with Gasteiger partial charge in [-0.3, -0.25) is 4.79 Å². The summed E-state index contributed by atoms with van der Waals surface area (Å²) in [5, 5.41) is 0. The van der Waals surface area contributed by atoms with Gasteiger partial charge < -0.3 is 20.4 Å². The Balaban J connectivity index is 1.55. The summed E-state index contributed by atoms with van der Waals surface area (Å²) in [6.45, 7) is 0.487. The Bertz CT molecular complexity index is 817. The molecule has 0 aliphatic carbocycles. The van der Waals surface area contributed by atoms with Crippen molar-refractivity contribution in [1.82, 2.24) is 14.9 Å². The molecule has 0 spiro atoms. The van der Waals surface area contributed by atoms with Crippen molar-refractivity contribution in [3.05, 3.63) is 78.4 Å². The van der Waals surface area contributed by atoms with E-state index >= 15 is 0 Å². The van der Waals surface area contributed by atoms with E-state index in [1.54, 1.807) is 24.5 Å². The summed E-state index contributed by atoms with van der Waals surface area (Å²) in [6.07, 6.45) is 3.70. The number of nitrogens with two attached hydrogens (primary N) is 1. The average molecular weight is 350 g/mol. The maximum absolute atomic E-state index is 12.4. The Kier molecular flexibility index (Phi) is 5.66. The molecule has 26 heavy (non-hydrogen) atoms. The molecule has 2 aromatic carbocycles. The molecular weight excluding hydrogens is 328 g/mol. The molecule has 0 saturated carbocycles. The van der Waals surface area contributed by atoms with E-state index in [1.807, 2.05) is 54.6 Å². The Labute approximate surface area is 152 Å². The number of carbonyl (C=O) groups excluding carboxylic acids is 1. The highest BCUT2D eigenvalue weighted by Gasteiger charge is 2.19. The summed E-state index contributed by atoms with van der Waals surface area (Å²) in [5.74, 6) is 1.44. The first-order valence-corrected chi connectivity index (χ1v) is 8.41. The van der Waals surface area contributed by atoms with Gasteiger partial charge in [0, 0.05) is 31.9 Å². The van der Waals surface area contributed by atoms with Gasteiger partial charge in [0.2, 0.25) is 5.91 Å². The van der Waals surface area contributed by atoms with Gasteiger partial charge in [-0.2, -0.15) is 0 Å². The third-order valence-electron chi connectivity index (χ3n) is 4.01. The smallest absolute Gasteiger partial charge is 0.239 e. The number of likely N-dealkylation sites (N-methyl/N-ethyl adjacent to an activating group) is 1. The molecule has 6 nitrogen and oxygen atoms in total. The topological polar surface area (TPSA) is 84.2 Å². The summed E-state index contributed by atoms with van der Waals surface area (Å²) < 4.78 is 5.77. The summed E-state index contributed by atoms with van der Waals surface area (Å²) in [4.78, 5) is 21.0. The predicted molar refractivity (Wildman–Crippen MR) is 99.7 cm³/mol. The van der Waals surface area contributed by atoms with Gasteiger partial charge in [0.05, 0.1) is 12.4 Å². The fraction of sp³-hybridized carbons (Fsp3) is 0.200. The number of hydrogen-bond acceptors (Lipinski definition) is 4. The number of carbonyl (C=O) groups is 1. The van der Waals surface area contributed by atoms with Gasteiger partial charge in [0.1, 0.15) is 11.5 Å². The molecule has 1 amide bonds. The van der Waals surface area contributed by atoms with Gasteiger partial charge in [0.15, 0.2) is 0 Å². The third-order valence-corrected chi connectivity index (χ3v) is 4.01. The minimum atomic E-state index is -0.596. The fourth-order valence-electron chi connectivity index (χ4n) is 2.64. The first-order valence-electron chi connectivity index (χ1n) is 8.41. The normalized spacial score (nSPS) is 11.8. The van der Waals surface area contributed by atoms with Crippen LogP contribution in [0.3, 0.4) is 0 Å². The van der Waals surface area contributed by atoms with Crippen molar-refractivity contribution in [2.75, 3.05) is 7.05 Å². The summed E-state index contributed by atoms with van der Waals surface area (Å²) >= 11 is 0. The van der Waals surface area contributed by atoms with E-state index in [0.29, 0.717) is 13.0 Å². The zero-order valence-corrected chi connectivity index (χ0v) is 14.6. The van der Waals surface area contributed by atoms with E-state index in [4.69, 9.17) is 10.5 Å². The number of nitrogens with one attached hydrogen (secondary N) is 1. The van der Waals surface area contributed by atoms with Gasteiger partial charge >= 0.3 is 0 Å². The summed E-state index contributed by atoms with van der Waals surface area (Å²) in [7, 11) is 1.75. The van der Waals surface area contributed by atoms with Crippen LogP contribution in [0.15, 0.2) is 67.1 Å². The van der Waals surface area contributed by atoms with Crippen molar-refractivity contribution in [1.29, 1.82) is 0 Å². The van der Waals surface area contributed by atoms with Gasteiger partial charge in [-0.15, -0.1) is 0 Å².